The molecule has 0 heterocycles. The lowest BCUT2D eigenvalue weighted by Crippen LogP contribution is -2.26. The molecule has 2 rings (SSSR count). The summed E-state index contributed by atoms with van der Waals surface area (Å²) in [7, 11) is 1.61. The van der Waals surface area contributed by atoms with E-state index in [-0.39, 0.29) is 30.4 Å². The Morgan fingerprint density at radius 3 is 2.54 bits per heavy atom. The fourth-order valence-corrected chi connectivity index (χ4v) is 2.41. The van der Waals surface area contributed by atoms with Crippen LogP contribution in [0.5, 0.6) is 0 Å². The lowest BCUT2D eigenvalue weighted by Gasteiger charge is -2.18. The highest BCUT2D eigenvalue weighted by molar-refractivity contribution is 6.31. The SMILES string of the molecule is CN(Cc1cc([N+](=O)[O-])ccc1Cl)C(=O)CCc1ccc(F)cc1. The van der Waals surface area contributed by atoms with Crippen molar-refractivity contribution in [2.24, 2.45) is 0 Å². The van der Waals surface area contributed by atoms with Gasteiger partial charge >= 0.3 is 0 Å². The third-order valence-electron chi connectivity index (χ3n) is 3.61. The summed E-state index contributed by atoms with van der Waals surface area (Å²) < 4.78 is 12.8. The number of rotatable bonds is 6. The monoisotopic (exact) mass is 350 g/mol. The van der Waals surface area contributed by atoms with Crippen LogP contribution in [0.2, 0.25) is 5.02 Å². The number of non-ortho nitro benzene ring substituents is 1. The van der Waals surface area contributed by atoms with Crippen LogP contribution in [0.4, 0.5) is 10.1 Å². The van der Waals surface area contributed by atoms with Gasteiger partial charge in [-0.25, -0.2) is 4.39 Å². The maximum atomic E-state index is 12.8. The third kappa shape index (κ3) is 4.76. The average Bonchev–Trinajstić information content (AvgIpc) is 2.55. The molecule has 126 valence electrons. The molecule has 24 heavy (non-hydrogen) atoms. The summed E-state index contributed by atoms with van der Waals surface area (Å²) in [5, 5.41) is 11.2. The third-order valence-corrected chi connectivity index (χ3v) is 3.98. The molecule has 0 N–H and O–H groups in total. The molecular weight excluding hydrogens is 335 g/mol. The fraction of sp³-hybridized carbons (Fsp3) is 0.235. The van der Waals surface area contributed by atoms with Crippen molar-refractivity contribution in [3.63, 3.8) is 0 Å². The molecular formula is C17H16ClFN2O3. The number of hydrogen-bond donors (Lipinski definition) is 0. The van der Waals surface area contributed by atoms with Crippen LogP contribution in [0.15, 0.2) is 42.5 Å². The molecule has 0 spiro atoms. The molecule has 0 fully saturated rings. The maximum absolute atomic E-state index is 12.8. The van der Waals surface area contributed by atoms with E-state index in [1.165, 1.54) is 35.2 Å². The van der Waals surface area contributed by atoms with Crippen molar-refractivity contribution in [1.82, 2.24) is 4.90 Å². The van der Waals surface area contributed by atoms with Crippen LogP contribution in [0.1, 0.15) is 17.5 Å². The van der Waals surface area contributed by atoms with Gasteiger partial charge in [0, 0.05) is 37.2 Å². The van der Waals surface area contributed by atoms with E-state index < -0.39 is 4.92 Å². The maximum Gasteiger partial charge on any atom is 0.269 e. The minimum Gasteiger partial charge on any atom is -0.341 e. The zero-order valence-electron chi connectivity index (χ0n) is 13.0. The standard InChI is InChI=1S/C17H16ClFN2O3/c1-20(11-13-10-15(21(23)24)7-8-16(13)18)17(22)9-4-12-2-5-14(19)6-3-12/h2-3,5-8,10H,4,9,11H2,1H3. The van der Waals surface area contributed by atoms with Crippen LogP contribution >= 0.6 is 11.6 Å². The number of amides is 1. The van der Waals surface area contributed by atoms with E-state index in [1.54, 1.807) is 19.2 Å². The largest absolute Gasteiger partial charge is 0.341 e. The number of nitrogens with zero attached hydrogens (tertiary/aromatic N) is 2. The van der Waals surface area contributed by atoms with Gasteiger partial charge < -0.3 is 4.90 Å². The van der Waals surface area contributed by atoms with E-state index >= 15 is 0 Å². The number of hydrogen-bond acceptors (Lipinski definition) is 3. The second kappa shape index (κ2) is 7.88. The van der Waals surface area contributed by atoms with E-state index in [0.29, 0.717) is 17.0 Å². The molecule has 0 saturated carbocycles. The van der Waals surface area contributed by atoms with Crippen LogP contribution in [-0.2, 0) is 17.8 Å². The first-order chi connectivity index (χ1) is 11.4. The van der Waals surface area contributed by atoms with E-state index in [4.69, 9.17) is 11.6 Å². The number of benzene rings is 2. The van der Waals surface area contributed by atoms with Gasteiger partial charge in [-0.05, 0) is 35.7 Å². The van der Waals surface area contributed by atoms with E-state index in [9.17, 15) is 19.3 Å². The first-order valence-electron chi connectivity index (χ1n) is 7.28. The van der Waals surface area contributed by atoms with Gasteiger partial charge in [0.25, 0.3) is 5.69 Å². The summed E-state index contributed by atoms with van der Waals surface area (Å²) in [6.45, 7) is 0.183. The summed E-state index contributed by atoms with van der Waals surface area (Å²) in [6, 6.07) is 10.1. The predicted molar refractivity (Wildman–Crippen MR) is 89.3 cm³/mol. The molecule has 5 nitrogen and oxygen atoms in total. The molecule has 0 saturated heterocycles. The normalized spacial score (nSPS) is 10.5. The molecule has 0 aromatic heterocycles. The van der Waals surface area contributed by atoms with E-state index in [2.05, 4.69) is 0 Å². The zero-order valence-corrected chi connectivity index (χ0v) is 13.8. The Morgan fingerprint density at radius 1 is 1.25 bits per heavy atom. The number of aryl methyl sites for hydroxylation is 1. The Balaban J connectivity index is 1.97. The van der Waals surface area contributed by atoms with Crippen LogP contribution < -0.4 is 0 Å². The Labute approximate surface area is 143 Å². The number of carbonyl (C=O) groups excluding carboxylic acids is 1. The Kier molecular flexibility index (Phi) is 5.87. The van der Waals surface area contributed by atoms with Gasteiger partial charge in [-0.3, -0.25) is 14.9 Å². The first-order valence-corrected chi connectivity index (χ1v) is 7.66. The van der Waals surface area contributed by atoms with Crippen molar-refractivity contribution in [3.05, 3.63) is 74.5 Å². The highest BCUT2D eigenvalue weighted by atomic mass is 35.5. The molecule has 2 aromatic carbocycles. The number of nitro groups is 1. The molecule has 0 bridgehead atoms. The van der Waals surface area contributed by atoms with Crippen molar-refractivity contribution in [1.29, 1.82) is 0 Å². The minimum atomic E-state index is -0.504. The van der Waals surface area contributed by atoms with Gasteiger partial charge in [-0.1, -0.05) is 23.7 Å². The first kappa shape index (κ1) is 17.9. The quantitative estimate of drug-likeness (QED) is 0.584. The van der Waals surface area contributed by atoms with Gasteiger partial charge in [0.1, 0.15) is 5.82 Å². The molecule has 7 heteroatoms. The van der Waals surface area contributed by atoms with Gasteiger partial charge in [-0.15, -0.1) is 0 Å². The van der Waals surface area contributed by atoms with Gasteiger partial charge in [0.2, 0.25) is 5.91 Å². The lowest BCUT2D eigenvalue weighted by molar-refractivity contribution is -0.384. The van der Waals surface area contributed by atoms with Crippen molar-refractivity contribution >= 4 is 23.2 Å². The lowest BCUT2D eigenvalue weighted by atomic mass is 10.1. The van der Waals surface area contributed by atoms with Crippen molar-refractivity contribution < 1.29 is 14.1 Å². The number of nitro benzene ring substituents is 1. The molecule has 1 amide bonds. The van der Waals surface area contributed by atoms with Crippen LogP contribution in [0.25, 0.3) is 0 Å². The highest BCUT2D eigenvalue weighted by Gasteiger charge is 2.14. The molecule has 0 unspecified atom stereocenters. The molecule has 2 aromatic rings. The summed E-state index contributed by atoms with van der Waals surface area (Å²) in [5.41, 5.74) is 1.32. The average molecular weight is 351 g/mol. The molecule has 0 aliphatic heterocycles. The topological polar surface area (TPSA) is 63.4 Å². The second-order valence-electron chi connectivity index (χ2n) is 5.41. The van der Waals surface area contributed by atoms with E-state index in [1.807, 2.05) is 0 Å². The zero-order chi connectivity index (χ0) is 17.7. The van der Waals surface area contributed by atoms with Crippen LogP contribution in [0, 0.1) is 15.9 Å². The fourth-order valence-electron chi connectivity index (χ4n) is 2.23. The Hall–Kier alpha value is -2.47. The smallest absolute Gasteiger partial charge is 0.269 e. The van der Waals surface area contributed by atoms with Gasteiger partial charge in [0.15, 0.2) is 0 Å². The van der Waals surface area contributed by atoms with Gasteiger partial charge in [-0.2, -0.15) is 0 Å². The van der Waals surface area contributed by atoms with Crippen molar-refractivity contribution in [2.75, 3.05) is 7.05 Å². The number of carbonyl (C=O) groups is 1. The molecule has 0 atom stereocenters. The minimum absolute atomic E-state index is 0.0680. The van der Waals surface area contributed by atoms with Crippen LogP contribution in [-0.4, -0.2) is 22.8 Å². The Bertz CT molecular complexity index is 750. The summed E-state index contributed by atoms with van der Waals surface area (Å²) in [5.74, 6) is -0.440. The molecule has 0 aliphatic carbocycles. The van der Waals surface area contributed by atoms with Crippen LogP contribution in [0.3, 0.4) is 0 Å². The summed E-state index contributed by atoms with van der Waals surface area (Å²) >= 11 is 6.04. The second-order valence-corrected chi connectivity index (χ2v) is 5.82. The van der Waals surface area contributed by atoms with Gasteiger partial charge in [0.05, 0.1) is 4.92 Å². The van der Waals surface area contributed by atoms with E-state index in [0.717, 1.165) is 5.56 Å². The molecule has 0 aliphatic rings. The predicted octanol–water partition coefficient (Wildman–Crippen LogP) is 3.98. The van der Waals surface area contributed by atoms with Crippen molar-refractivity contribution in [2.45, 2.75) is 19.4 Å². The molecule has 0 radical (unpaired) electrons. The highest BCUT2D eigenvalue weighted by Crippen LogP contribution is 2.23. The summed E-state index contributed by atoms with van der Waals surface area (Å²) in [4.78, 5) is 24.0. The Morgan fingerprint density at radius 2 is 1.92 bits per heavy atom. The number of halogens is 2. The van der Waals surface area contributed by atoms with Crippen molar-refractivity contribution in [3.8, 4) is 0 Å². The summed E-state index contributed by atoms with van der Waals surface area (Å²) in [6.07, 6.45) is 0.751.